The molecule has 0 aliphatic rings. The third-order valence-electron chi connectivity index (χ3n) is 3.20. The summed E-state index contributed by atoms with van der Waals surface area (Å²) in [5.74, 6) is 4.16. The van der Waals surface area contributed by atoms with E-state index in [1.165, 1.54) is 22.6 Å². The second-order valence-corrected chi connectivity index (χ2v) is 7.09. The fraction of sp³-hybridized carbons (Fsp3) is 0.333. The molecule has 22 heavy (non-hydrogen) atoms. The normalized spacial score (nSPS) is 10.5. The van der Waals surface area contributed by atoms with Crippen LogP contribution in [0.4, 0.5) is 0 Å². The summed E-state index contributed by atoms with van der Waals surface area (Å²) in [6.07, 6.45) is 2.47. The molecule has 0 aliphatic carbocycles. The number of thioether (sulfide) groups is 2. The largest absolute Gasteiger partial charge is 0.497 e. The molecule has 0 N–H and O–H groups in total. The molecule has 0 bridgehead atoms. The molecule has 0 aliphatic heterocycles. The Labute approximate surface area is 141 Å². The summed E-state index contributed by atoms with van der Waals surface area (Å²) in [7, 11) is 3.39. The average Bonchev–Trinajstić information content (AvgIpc) is 2.59. The Kier molecular flexibility index (Phi) is 7.54. The summed E-state index contributed by atoms with van der Waals surface area (Å²) in [6.45, 7) is 0. The van der Waals surface area contributed by atoms with Gasteiger partial charge in [-0.1, -0.05) is 0 Å². The van der Waals surface area contributed by atoms with Crippen LogP contribution in [0.5, 0.6) is 11.5 Å². The summed E-state index contributed by atoms with van der Waals surface area (Å²) in [6, 6.07) is 16.5. The van der Waals surface area contributed by atoms with Crippen molar-refractivity contribution in [1.82, 2.24) is 0 Å². The summed E-state index contributed by atoms with van der Waals surface area (Å²) in [4.78, 5) is 2.62. The molecular formula is C18H22O2S2. The van der Waals surface area contributed by atoms with Crippen LogP contribution in [0.2, 0.25) is 0 Å². The van der Waals surface area contributed by atoms with Crippen molar-refractivity contribution in [2.24, 2.45) is 0 Å². The van der Waals surface area contributed by atoms with Crippen molar-refractivity contribution in [2.75, 3.05) is 25.7 Å². The molecule has 0 aromatic heterocycles. The smallest absolute Gasteiger partial charge is 0.118 e. The summed E-state index contributed by atoms with van der Waals surface area (Å²) < 4.78 is 10.3. The Morgan fingerprint density at radius 3 is 1.32 bits per heavy atom. The van der Waals surface area contributed by atoms with E-state index < -0.39 is 0 Å². The van der Waals surface area contributed by atoms with Crippen molar-refractivity contribution in [1.29, 1.82) is 0 Å². The molecule has 0 saturated heterocycles. The number of methoxy groups -OCH3 is 2. The average molecular weight is 335 g/mol. The molecule has 4 heteroatoms. The fourth-order valence-corrected chi connectivity index (χ4v) is 3.75. The van der Waals surface area contributed by atoms with Crippen LogP contribution in [0.15, 0.2) is 58.3 Å². The Bertz CT molecular complexity index is 487. The molecule has 0 saturated carbocycles. The van der Waals surface area contributed by atoms with E-state index in [1.54, 1.807) is 14.2 Å². The third kappa shape index (κ3) is 5.85. The molecule has 118 valence electrons. The molecule has 2 aromatic rings. The molecule has 2 nitrogen and oxygen atoms in total. The van der Waals surface area contributed by atoms with Crippen molar-refractivity contribution in [3.63, 3.8) is 0 Å². The fourth-order valence-electron chi connectivity index (χ4n) is 1.93. The standard InChI is InChI=1S/C18H22O2S2/c1-19-15-5-9-17(10-6-15)21-13-3-4-14-22-18-11-7-16(20-2)8-12-18/h5-12H,3-4,13-14H2,1-2H3. The lowest BCUT2D eigenvalue weighted by atomic mass is 10.3. The Balaban J connectivity index is 1.58. The van der Waals surface area contributed by atoms with Gasteiger partial charge in [0.05, 0.1) is 14.2 Å². The quantitative estimate of drug-likeness (QED) is 0.453. The number of hydrogen-bond acceptors (Lipinski definition) is 4. The van der Waals surface area contributed by atoms with Crippen molar-refractivity contribution < 1.29 is 9.47 Å². The van der Waals surface area contributed by atoms with Gasteiger partial charge in [-0.05, 0) is 72.9 Å². The van der Waals surface area contributed by atoms with Crippen LogP contribution in [-0.2, 0) is 0 Å². The van der Waals surface area contributed by atoms with Crippen molar-refractivity contribution in [3.8, 4) is 11.5 Å². The van der Waals surface area contributed by atoms with E-state index in [0.717, 1.165) is 23.0 Å². The first-order chi connectivity index (χ1) is 10.8. The van der Waals surface area contributed by atoms with E-state index in [9.17, 15) is 0 Å². The molecule has 0 fully saturated rings. The molecular weight excluding hydrogens is 312 g/mol. The van der Waals surface area contributed by atoms with Gasteiger partial charge in [-0.2, -0.15) is 0 Å². The van der Waals surface area contributed by atoms with Gasteiger partial charge in [0.1, 0.15) is 11.5 Å². The van der Waals surface area contributed by atoms with Crippen molar-refractivity contribution >= 4 is 23.5 Å². The van der Waals surface area contributed by atoms with Gasteiger partial charge in [-0.25, -0.2) is 0 Å². The zero-order chi connectivity index (χ0) is 15.6. The van der Waals surface area contributed by atoms with Gasteiger partial charge in [-0.3, -0.25) is 0 Å². The maximum Gasteiger partial charge on any atom is 0.118 e. The van der Waals surface area contributed by atoms with Crippen LogP contribution in [0.3, 0.4) is 0 Å². The van der Waals surface area contributed by atoms with Gasteiger partial charge >= 0.3 is 0 Å². The summed E-state index contributed by atoms with van der Waals surface area (Å²) >= 11 is 3.82. The van der Waals surface area contributed by atoms with Crippen LogP contribution in [0, 0.1) is 0 Å². The van der Waals surface area contributed by atoms with Crippen LogP contribution >= 0.6 is 23.5 Å². The maximum atomic E-state index is 5.16. The second kappa shape index (κ2) is 9.70. The Morgan fingerprint density at radius 2 is 1.00 bits per heavy atom. The van der Waals surface area contributed by atoms with Crippen LogP contribution in [-0.4, -0.2) is 25.7 Å². The van der Waals surface area contributed by atoms with E-state index in [4.69, 9.17) is 9.47 Å². The van der Waals surface area contributed by atoms with Crippen molar-refractivity contribution in [2.45, 2.75) is 22.6 Å². The Hall–Kier alpha value is -1.26. The van der Waals surface area contributed by atoms with E-state index in [-0.39, 0.29) is 0 Å². The third-order valence-corrected chi connectivity index (χ3v) is 5.39. The molecule has 0 amide bonds. The summed E-state index contributed by atoms with van der Waals surface area (Å²) in [5.41, 5.74) is 0. The SMILES string of the molecule is COc1ccc(SCCCCSc2ccc(OC)cc2)cc1. The first-order valence-corrected chi connectivity index (χ1v) is 9.32. The van der Waals surface area contributed by atoms with E-state index in [1.807, 2.05) is 47.8 Å². The molecule has 2 aromatic carbocycles. The Morgan fingerprint density at radius 1 is 0.636 bits per heavy atom. The lowest BCUT2D eigenvalue weighted by molar-refractivity contribution is 0.414. The highest BCUT2D eigenvalue weighted by Crippen LogP contribution is 2.24. The minimum absolute atomic E-state index is 0.917. The van der Waals surface area contributed by atoms with Gasteiger partial charge in [0.2, 0.25) is 0 Å². The second-order valence-electron chi connectivity index (χ2n) is 4.76. The molecule has 0 atom stereocenters. The van der Waals surface area contributed by atoms with E-state index in [0.29, 0.717) is 0 Å². The topological polar surface area (TPSA) is 18.5 Å². The number of ether oxygens (including phenoxy) is 2. The van der Waals surface area contributed by atoms with E-state index in [2.05, 4.69) is 24.3 Å². The predicted molar refractivity (Wildman–Crippen MR) is 96.7 cm³/mol. The van der Waals surface area contributed by atoms with Crippen molar-refractivity contribution in [3.05, 3.63) is 48.5 Å². The monoisotopic (exact) mass is 334 g/mol. The van der Waals surface area contributed by atoms with Crippen LogP contribution < -0.4 is 9.47 Å². The molecule has 0 radical (unpaired) electrons. The minimum atomic E-state index is 0.917. The van der Waals surface area contributed by atoms with Gasteiger partial charge in [-0.15, -0.1) is 23.5 Å². The van der Waals surface area contributed by atoms with Gasteiger partial charge in [0.15, 0.2) is 0 Å². The zero-order valence-corrected chi connectivity index (χ0v) is 14.7. The van der Waals surface area contributed by atoms with Gasteiger partial charge in [0.25, 0.3) is 0 Å². The highest BCUT2D eigenvalue weighted by Gasteiger charge is 1.98. The highest BCUT2D eigenvalue weighted by molar-refractivity contribution is 7.99. The highest BCUT2D eigenvalue weighted by atomic mass is 32.2. The van der Waals surface area contributed by atoms with Gasteiger partial charge in [0, 0.05) is 9.79 Å². The minimum Gasteiger partial charge on any atom is -0.497 e. The van der Waals surface area contributed by atoms with E-state index >= 15 is 0 Å². The zero-order valence-electron chi connectivity index (χ0n) is 13.1. The number of hydrogen-bond donors (Lipinski definition) is 0. The van der Waals surface area contributed by atoms with Crippen LogP contribution in [0.1, 0.15) is 12.8 Å². The number of rotatable bonds is 9. The number of benzene rings is 2. The van der Waals surface area contributed by atoms with Gasteiger partial charge < -0.3 is 9.47 Å². The van der Waals surface area contributed by atoms with Crippen LogP contribution in [0.25, 0.3) is 0 Å². The molecule has 2 rings (SSSR count). The first-order valence-electron chi connectivity index (χ1n) is 7.35. The molecule has 0 spiro atoms. The maximum absolute atomic E-state index is 5.16. The molecule has 0 heterocycles. The summed E-state index contributed by atoms with van der Waals surface area (Å²) in [5, 5.41) is 0. The lowest BCUT2D eigenvalue weighted by Gasteiger charge is -2.05. The number of unbranched alkanes of at least 4 members (excludes halogenated alkanes) is 1. The predicted octanol–water partition coefficient (Wildman–Crippen LogP) is 5.37. The first kappa shape index (κ1) is 17.1. The lowest BCUT2D eigenvalue weighted by Crippen LogP contribution is -1.86. The molecule has 0 unspecified atom stereocenters.